The largest absolute Gasteiger partial charge is 0.299 e. The first-order chi connectivity index (χ1) is 7.72. The van der Waals surface area contributed by atoms with E-state index in [2.05, 4.69) is 27.3 Å². The Morgan fingerprint density at radius 1 is 1.38 bits per heavy atom. The second kappa shape index (κ2) is 4.40. The zero-order valence-electron chi connectivity index (χ0n) is 8.73. The Balaban J connectivity index is 2.51. The van der Waals surface area contributed by atoms with Crippen LogP contribution in [0.2, 0.25) is 0 Å². The standard InChI is InChI=1S/C9H11N5OS/c1-2-5-14-8(12-13-9(14)16)6-3-4-7(15)11-10-6/h3-4H,2,5H2,1H3,(H,11,15)(H,13,16). The summed E-state index contributed by atoms with van der Waals surface area (Å²) in [5, 5.41) is 13.1. The van der Waals surface area contributed by atoms with Crippen molar-refractivity contribution in [3.63, 3.8) is 0 Å². The average Bonchev–Trinajstić information content (AvgIpc) is 2.63. The van der Waals surface area contributed by atoms with Gasteiger partial charge in [0.05, 0.1) is 0 Å². The molecule has 2 rings (SSSR count). The Morgan fingerprint density at radius 2 is 2.19 bits per heavy atom. The number of H-pyrrole nitrogens is 2. The number of nitrogens with one attached hydrogen (secondary N) is 2. The summed E-state index contributed by atoms with van der Waals surface area (Å²) in [6, 6.07) is 3.03. The fourth-order valence-electron chi connectivity index (χ4n) is 1.41. The Hall–Kier alpha value is -1.76. The monoisotopic (exact) mass is 237 g/mol. The Labute approximate surface area is 96.3 Å². The minimum atomic E-state index is -0.236. The molecule has 84 valence electrons. The van der Waals surface area contributed by atoms with Crippen LogP contribution in [0.4, 0.5) is 0 Å². The molecule has 0 aliphatic rings. The van der Waals surface area contributed by atoms with Gasteiger partial charge in [-0.15, -0.1) is 0 Å². The van der Waals surface area contributed by atoms with E-state index in [1.54, 1.807) is 6.07 Å². The first-order valence-corrected chi connectivity index (χ1v) is 5.34. The van der Waals surface area contributed by atoms with Gasteiger partial charge in [-0.3, -0.25) is 14.5 Å². The molecule has 0 unspecified atom stereocenters. The van der Waals surface area contributed by atoms with Crippen molar-refractivity contribution < 1.29 is 0 Å². The molecule has 0 aliphatic heterocycles. The average molecular weight is 237 g/mol. The van der Waals surface area contributed by atoms with Gasteiger partial charge in [-0.05, 0) is 24.7 Å². The number of aromatic nitrogens is 5. The fourth-order valence-corrected chi connectivity index (χ4v) is 1.64. The molecule has 7 heteroatoms. The van der Waals surface area contributed by atoms with Crippen LogP contribution in [0.25, 0.3) is 11.5 Å². The summed E-state index contributed by atoms with van der Waals surface area (Å²) in [5.74, 6) is 0.642. The Bertz CT molecular complexity index is 576. The SMILES string of the molecule is CCCn1c(-c2ccc(=O)[nH]n2)n[nH]c1=S. The van der Waals surface area contributed by atoms with E-state index < -0.39 is 0 Å². The highest BCUT2D eigenvalue weighted by molar-refractivity contribution is 7.71. The van der Waals surface area contributed by atoms with E-state index in [4.69, 9.17) is 12.2 Å². The highest BCUT2D eigenvalue weighted by Gasteiger charge is 2.09. The van der Waals surface area contributed by atoms with Crippen molar-refractivity contribution >= 4 is 12.2 Å². The van der Waals surface area contributed by atoms with Crippen LogP contribution in [-0.2, 0) is 6.54 Å². The van der Waals surface area contributed by atoms with Crippen LogP contribution in [0.5, 0.6) is 0 Å². The van der Waals surface area contributed by atoms with E-state index in [0.29, 0.717) is 16.3 Å². The van der Waals surface area contributed by atoms with Crippen molar-refractivity contribution in [2.45, 2.75) is 19.9 Å². The normalized spacial score (nSPS) is 10.6. The number of aromatic amines is 2. The van der Waals surface area contributed by atoms with Gasteiger partial charge in [-0.1, -0.05) is 6.92 Å². The molecule has 2 aromatic heterocycles. The van der Waals surface area contributed by atoms with Gasteiger partial charge in [0.15, 0.2) is 10.6 Å². The molecule has 0 atom stereocenters. The molecular weight excluding hydrogens is 226 g/mol. The molecule has 2 heterocycles. The summed E-state index contributed by atoms with van der Waals surface area (Å²) < 4.78 is 2.42. The maximum atomic E-state index is 10.9. The van der Waals surface area contributed by atoms with Gasteiger partial charge < -0.3 is 0 Å². The Morgan fingerprint density at radius 3 is 2.81 bits per heavy atom. The van der Waals surface area contributed by atoms with Gasteiger partial charge in [-0.25, -0.2) is 5.10 Å². The van der Waals surface area contributed by atoms with E-state index in [9.17, 15) is 4.79 Å². The molecule has 0 saturated heterocycles. The van der Waals surface area contributed by atoms with Crippen molar-refractivity contribution in [2.24, 2.45) is 0 Å². The van der Waals surface area contributed by atoms with E-state index in [-0.39, 0.29) is 5.56 Å². The van der Waals surface area contributed by atoms with Gasteiger partial charge in [0.1, 0.15) is 5.69 Å². The molecule has 16 heavy (non-hydrogen) atoms. The highest BCUT2D eigenvalue weighted by Crippen LogP contribution is 2.12. The summed E-state index contributed by atoms with van der Waals surface area (Å²) in [4.78, 5) is 10.9. The zero-order chi connectivity index (χ0) is 11.5. The van der Waals surface area contributed by atoms with Crippen LogP contribution in [0.15, 0.2) is 16.9 Å². The molecule has 0 spiro atoms. The van der Waals surface area contributed by atoms with Gasteiger partial charge in [0.25, 0.3) is 5.56 Å². The minimum Gasteiger partial charge on any atom is -0.299 e. The Kier molecular flexibility index (Phi) is 2.95. The molecule has 0 aromatic carbocycles. The smallest absolute Gasteiger partial charge is 0.264 e. The van der Waals surface area contributed by atoms with Crippen LogP contribution < -0.4 is 5.56 Å². The third kappa shape index (κ3) is 1.94. The number of hydrogen-bond acceptors (Lipinski definition) is 4. The number of nitrogens with zero attached hydrogens (tertiary/aromatic N) is 3. The van der Waals surface area contributed by atoms with Gasteiger partial charge in [-0.2, -0.15) is 10.2 Å². The minimum absolute atomic E-state index is 0.236. The van der Waals surface area contributed by atoms with Crippen molar-refractivity contribution in [3.05, 3.63) is 27.3 Å². The summed E-state index contributed by atoms with van der Waals surface area (Å²) in [5.41, 5.74) is 0.361. The molecular formula is C9H11N5OS. The van der Waals surface area contributed by atoms with E-state index in [1.165, 1.54) is 6.07 Å². The lowest BCUT2D eigenvalue weighted by Gasteiger charge is -2.02. The van der Waals surface area contributed by atoms with Crippen LogP contribution in [-0.4, -0.2) is 25.0 Å². The molecule has 0 radical (unpaired) electrons. The molecule has 6 nitrogen and oxygen atoms in total. The van der Waals surface area contributed by atoms with Gasteiger partial charge in [0.2, 0.25) is 0 Å². The maximum absolute atomic E-state index is 10.9. The third-order valence-electron chi connectivity index (χ3n) is 2.11. The first kappa shape index (κ1) is 10.7. The summed E-state index contributed by atoms with van der Waals surface area (Å²) in [6.07, 6.45) is 0.949. The summed E-state index contributed by atoms with van der Waals surface area (Å²) >= 11 is 5.11. The van der Waals surface area contributed by atoms with Crippen LogP contribution >= 0.6 is 12.2 Å². The van der Waals surface area contributed by atoms with Crippen LogP contribution in [0, 0.1) is 4.77 Å². The lowest BCUT2D eigenvalue weighted by molar-refractivity contribution is 0.672. The number of hydrogen-bond donors (Lipinski definition) is 2. The lowest BCUT2D eigenvalue weighted by Crippen LogP contribution is -2.08. The van der Waals surface area contributed by atoms with Crippen molar-refractivity contribution in [3.8, 4) is 11.5 Å². The van der Waals surface area contributed by atoms with Crippen LogP contribution in [0.1, 0.15) is 13.3 Å². The molecule has 0 amide bonds. The second-order valence-electron chi connectivity index (χ2n) is 3.31. The topological polar surface area (TPSA) is 79.4 Å². The van der Waals surface area contributed by atoms with Crippen molar-refractivity contribution in [2.75, 3.05) is 0 Å². The molecule has 2 N–H and O–H groups in total. The zero-order valence-corrected chi connectivity index (χ0v) is 9.54. The maximum Gasteiger partial charge on any atom is 0.264 e. The fraction of sp³-hybridized carbons (Fsp3) is 0.333. The quantitative estimate of drug-likeness (QED) is 0.783. The molecule has 2 aromatic rings. The molecule has 0 fully saturated rings. The first-order valence-electron chi connectivity index (χ1n) is 4.93. The predicted molar refractivity (Wildman–Crippen MR) is 61.6 cm³/mol. The van der Waals surface area contributed by atoms with Gasteiger partial charge in [0, 0.05) is 12.6 Å². The molecule has 0 saturated carbocycles. The highest BCUT2D eigenvalue weighted by atomic mass is 32.1. The van der Waals surface area contributed by atoms with Gasteiger partial charge >= 0.3 is 0 Å². The molecule has 0 bridgehead atoms. The lowest BCUT2D eigenvalue weighted by atomic mass is 10.3. The van der Waals surface area contributed by atoms with Crippen LogP contribution in [0.3, 0.4) is 0 Å². The molecule has 0 aliphatic carbocycles. The predicted octanol–water partition coefficient (Wildman–Crippen LogP) is 1.10. The second-order valence-corrected chi connectivity index (χ2v) is 3.70. The van der Waals surface area contributed by atoms with E-state index >= 15 is 0 Å². The van der Waals surface area contributed by atoms with E-state index in [0.717, 1.165) is 13.0 Å². The van der Waals surface area contributed by atoms with E-state index in [1.807, 2.05) is 4.57 Å². The van der Waals surface area contributed by atoms with Crippen molar-refractivity contribution in [1.29, 1.82) is 0 Å². The third-order valence-corrected chi connectivity index (χ3v) is 2.43. The number of rotatable bonds is 3. The van der Waals surface area contributed by atoms with Crippen molar-refractivity contribution in [1.82, 2.24) is 25.0 Å². The summed E-state index contributed by atoms with van der Waals surface area (Å²) in [6.45, 7) is 2.82. The summed E-state index contributed by atoms with van der Waals surface area (Å²) in [7, 11) is 0.